The van der Waals surface area contributed by atoms with Gasteiger partial charge in [0.1, 0.15) is 16.4 Å². The lowest BCUT2D eigenvalue weighted by molar-refractivity contribution is -0.0498. The molecular weight excluding hydrogens is 408 g/mol. The number of rotatable bonds is 6. The highest BCUT2D eigenvalue weighted by Crippen LogP contribution is 2.30. The van der Waals surface area contributed by atoms with Gasteiger partial charge in [-0.2, -0.15) is 13.1 Å². The van der Waals surface area contributed by atoms with E-state index in [2.05, 4.69) is 4.74 Å². The molecule has 3 rings (SSSR count). The van der Waals surface area contributed by atoms with Crippen molar-refractivity contribution in [2.45, 2.75) is 11.5 Å². The third kappa shape index (κ3) is 4.40. The van der Waals surface area contributed by atoms with Crippen molar-refractivity contribution in [2.24, 2.45) is 5.73 Å². The van der Waals surface area contributed by atoms with Gasteiger partial charge in [0.05, 0.1) is 5.56 Å². The molecule has 3 N–H and O–H groups in total. The molecular formula is C18H19F2N3O5S. The zero-order valence-corrected chi connectivity index (χ0v) is 16.0. The van der Waals surface area contributed by atoms with Crippen molar-refractivity contribution in [1.29, 1.82) is 0 Å². The maximum Gasteiger partial charge on any atom is 0.387 e. The quantitative estimate of drug-likeness (QED) is 0.724. The second-order valence-corrected chi connectivity index (χ2v) is 8.16. The van der Waals surface area contributed by atoms with Gasteiger partial charge in [0, 0.05) is 31.9 Å². The maximum absolute atomic E-state index is 13.0. The number of alkyl halides is 2. The molecule has 8 nitrogen and oxygen atoms in total. The van der Waals surface area contributed by atoms with Crippen LogP contribution >= 0.6 is 0 Å². The highest BCUT2D eigenvalue weighted by atomic mass is 32.2. The number of phenols is 1. The van der Waals surface area contributed by atoms with E-state index in [0.717, 1.165) is 5.69 Å². The molecule has 0 radical (unpaired) electrons. The molecule has 0 spiro atoms. The Morgan fingerprint density at radius 2 is 1.69 bits per heavy atom. The van der Waals surface area contributed by atoms with Gasteiger partial charge in [-0.25, -0.2) is 8.42 Å². The molecule has 0 saturated carbocycles. The Morgan fingerprint density at radius 1 is 1.07 bits per heavy atom. The summed E-state index contributed by atoms with van der Waals surface area (Å²) in [5, 5.41) is 10.0. The minimum atomic E-state index is -4.14. The van der Waals surface area contributed by atoms with Crippen LogP contribution in [0.15, 0.2) is 47.4 Å². The minimum Gasteiger partial charge on any atom is -0.507 e. The summed E-state index contributed by atoms with van der Waals surface area (Å²) in [7, 11) is -4.14. The van der Waals surface area contributed by atoms with Gasteiger partial charge in [0.25, 0.3) is 0 Å². The van der Waals surface area contributed by atoms with Crippen molar-refractivity contribution in [2.75, 3.05) is 31.1 Å². The lowest BCUT2D eigenvalue weighted by Gasteiger charge is -2.35. The van der Waals surface area contributed by atoms with Gasteiger partial charge in [0.2, 0.25) is 15.9 Å². The Labute approximate surface area is 166 Å². The molecule has 1 saturated heterocycles. The monoisotopic (exact) mass is 427 g/mol. The number of amides is 1. The SMILES string of the molecule is NC(=O)c1cccc(O)c1S(=O)(=O)N1CCN(c2ccc(OC(F)F)cc2)CC1. The largest absolute Gasteiger partial charge is 0.507 e. The molecule has 1 aliphatic heterocycles. The van der Waals surface area contributed by atoms with Crippen molar-refractivity contribution in [3.8, 4) is 11.5 Å². The fourth-order valence-corrected chi connectivity index (χ4v) is 4.83. The van der Waals surface area contributed by atoms with E-state index in [1.807, 2.05) is 4.90 Å². The van der Waals surface area contributed by atoms with Gasteiger partial charge in [-0.1, -0.05) is 6.07 Å². The van der Waals surface area contributed by atoms with Gasteiger partial charge >= 0.3 is 6.61 Å². The van der Waals surface area contributed by atoms with Crippen LogP contribution in [0.4, 0.5) is 14.5 Å². The normalized spacial score (nSPS) is 15.5. The Bertz CT molecular complexity index is 991. The van der Waals surface area contributed by atoms with E-state index in [4.69, 9.17) is 5.73 Å². The molecule has 2 aromatic rings. The summed E-state index contributed by atoms with van der Waals surface area (Å²) in [6.07, 6.45) is 0. The van der Waals surface area contributed by atoms with Crippen molar-refractivity contribution in [3.63, 3.8) is 0 Å². The lowest BCUT2D eigenvalue weighted by atomic mass is 10.2. The smallest absolute Gasteiger partial charge is 0.387 e. The summed E-state index contributed by atoms with van der Waals surface area (Å²) in [6, 6.07) is 9.80. The minimum absolute atomic E-state index is 0.0310. The number of halogens is 2. The summed E-state index contributed by atoms with van der Waals surface area (Å²) < 4.78 is 55.9. The molecule has 1 amide bonds. The van der Waals surface area contributed by atoms with E-state index < -0.39 is 33.2 Å². The summed E-state index contributed by atoms with van der Waals surface area (Å²) in [5.74, 6) is -1.47. The van der Waals surface area contributed by atoms with Crippen molar-refractivity contribution >= 4 is 21.6 Å². The Morgan fingerprint density at radius 3 is 2.24 bits per heavy atom. The van der Waals surface area contributed by atoms with Crippen LogP contribution in [0.3, 0.4) is 0 Å². The van der Waals surface area contributed by atoms with Crippen LogP contribution in [0.25, 0.3) is 0 Å². The predicted molar refractivity (Wildman–Crippen MR) is 101 cm³/mol. The first-order valence-corrected chi connectivity index (χ1v) is 10.1. The number of ether oxygens (including phenoxy) is 1. The number of hydrogen-bond acceptors (Lipinski definition) is 6. The fraction of sp³-hybridized carbons (Fsp3) is 0.278. The number of aromatic hydroxyl groups is 1. The van der Waals surface area contributed by atoms with Crippen LogP contribution in [0, 0.1) is 0 Å². The summed E-state index contributed by atoms with van der Waals surface area (Å²) in [4.78, 5) is 13.0. The molecule has 0 aliphatic carbocycles. The number of benzene rings is 2. The van der Waals surface area contributed by atoms with Gasteiger partial charge in [0.15, 0.2) is 0 Å². The standard InChI is InChI=1S/C18H19F2N3O5S/c19-18(20)28-13-6-4-12(5-7-13)22-8-10-23(11-9-22)29(26,27)16-14(17(21)25)2-1-3-15(16)24/h1-7,18,24H,8-11H2,(H2,21,25). The first-order valence-electron chi connectivity index (χ1n) is 8.62. The third-order valence-corrected chi connectivity index (χ3v) is 6.51. The van der Waals surface area contributed by atoms with Gasteiger partial charge in [-0.05, 0) is 36.4 Å². The number of hydrogen-bond donors (Lipinski definition) is 2. The van der Waals surface area contributed by atoms with Crippen LogP contribution in [0.2, 0.25) is 0 Å². The number of anilines is 1. The van der Waals surface area contributed by atoms with Gasteiger partial charge in [-0.3, -0.25) is 4.79 Å². The average molecular weight is 427 g/mol. The second-order valence-electron chi connectivity index (χ2n) is 6.28. The maximum atomic E-state index is 13.0. The number of nitrogens with zero attached hydrogens (tertiary/aromatic N) is 2. The topological polar surface area (TPSA) is 113 Å². The van der Waals surface area contributed by atoms with Crippen LogP contribution in [-0.2, 0) is 10.0 Å². The van der Waals surface area contributed by atoms with E-state index >= 15 is 0 Å². The Hall–Kier alpha value is -2.92. The molecule has 156 valence electrons. The molecule has 0 atom stereocenters. The van der Waals surface area contributed by atoms with Crippen LogP contribution in [-0.4, -0.2) is 56.5 Å². The Balaban J connectivity index is 1.75. The molecule has 1 fully saturated rings. The second kappa shape index (κ2) is 8.21. The number of phenolic OH excluding ortho intramolecular Hbond substituents is 1. The molecule has 1 heterocycles. The molecule has 0 unspecified atom stereocenters. The van der Waals surface area contributed by atoms with Crippen molar-refractivity contribution in [3.05, 3.63) is 48.0 Å². The van der Waals surface area contributed by atoms with E-state index in [-0.39, 0.29) is 24.4 Å². The zero-order chi connectivity index (χ0) is 21.2. The fourth-order valence-electron chi connectivity index (χ4n) is 3.14. The summed E-state index contributed by atoms with van der Waals surface area (Å²) in [6.45, 7) is -2.05. The number of piperazine rings is 1. The Kier molecular flexibility index (Phi) is 5.89. The molecule has 29 heavy (non-hydrogen) atoms. The van der Waals surface area contributed by atoms with Crippen LogP contribution in [0.1, 0.15) is 10.4 Å². The van der Waals surface area contributed by atoms with E-state index in [1.54, 1.807) is 12.1 Å². The summed E-state index contributed by atoms with van der Waals surface area (Å²) in [5.41, 5.74) is 5.70. The summed E-state index contributed by atoms with van der Waals surface area (Å²) >= 11 is 0. The first-order chi connectivity index (χ1) is 13.7. The van der Waals surface area contributed by atoms with Gasteiger partial charge in [-0.15, -0.1) is 0 Å². The zero-order valence-electron chi connectivity index (χ0n) is 15.2. The third-order valence-electron chi connectivity index (χ3n) is 4.52. The highest BCUT2D eigenvalue weighted by molar-refractivity contribution is 7.89. The van der Waals surface area contributed by atoms with Crippen LogP contribution in [0.5, 0.6) is 11.5 Å². The van der Waals surface area contributed by atoms with E-state index in [9.17, 15) is 27.1 Å². The number of carbonyl (C=O) groups excluding carboxylic acids is 1. The van der Waals surface area contributed by atoms with Gasteiger partial charge < -0.3 is 20.5 Å². The number of nitrogens with two attached hydrogens (primary N) is 1. The first kappa shape index (κ1) is 20.8. The highest BCUT2D eigenvalue weighted by Gasteiger charge is 2.33. The van der Waals surface area contributed by atoms with Crippen molar-refractivity contribution < 1.29 is 31.8 Å². The molecule has 0 aromatic heterocycles. The number of sulfonamides is 1. The number of primary amides is 1. The van der Waals surface area contributed by atoms with Crippen molar-refractivity contribution in [1.82, 2.24) is 4.31 Å². The van der Waals surface area contributed by atoms with E-state index in [0.29, 0.717) is 13.1 Å². The van der Waals surface area contributed by atoms with E-state index in [1.165, 1.54) is 34.6 Å². The van der Waals surface area contributed by atoms with Crippen LogP contribution < -0.4 is 15.4 Å². The lowest BCUT2D eigenvalue weighted by Crippen LogP contribution is -2.49. The molecule has 1 aliphatic rings. The number of carbonyl (C=O) groups is 1. The molecule has 0 bridgehead atoms. The average Bonchev–Trinajstić information content (AvgIpc) is 2.68. The molecule has 2 aromatic carbocycles. The predicted octanol–water partition coefficient (Wildman–Crippen LogP) is 1.60. The molecule has 11 heteroatoms.